The SMILES string of the molecule is CCOc1ccc(Cc2cc(C3CCCC(SC)O3)ccc2Cl)cc1. The molecule has 2 aromatic rings. The third-order valence-corrected chi connectivity index (χ3v) is 5.80. The molecule has 134 valence electrons. The molecular weight excluding hydrogens is 352 g/mol. The van der Waals surface area contributed by atoms with E-state index in [0.717, 1.165) is 35.6 Å². The highest BCUT2D eigenvalue weighted by atomic mass is 35.5. The Hall–Kier alpha value is -1.16. The van der Waals surface area contributed by atoms with E-state index in [1.165, 1.54) is 17.5 Å². The molecule has 0 aromatic heterocycles. The molecule has 1 aliphatic heterocycles. The van der Waals surface area contributed by atoms with E-state index >= 15 is 0 Å². The van der Waals surface area contributed by atoms with Crippen LogP contribution in [0.3, 0.4) is 0 Å². The first-order valence-corrected chi connectivity index (χ1v) is 10.5. The van der Waals surface area contributed by atoms with Crippen LogP contribution in [0.5, 0.6) is 5.75 Å². The molecule has 0 aliphatic carbocycles. The second kappa shape index (κ2) is 8.98. The Kier molecular flexibility index (Phi) is 6.69. The molecule has 2 unspecified atom stereocenters. The molecule has 1 aliphatic rings. The second-order valence-electron chi connectivity index (χ2n) is 6.33. The molecule has 0 bridgehead atoms. The van der Waals surface area contributed by atoms with E-state index in [9.17, 15) is 0 Å². The molecule has 25 heavy (non-hydrogen) atoms. The van der Waals surface area contributed by atoms with Crippen LogP contribution in [0.25, 0.3) is 0 Å². The number of hydrogen-bond acceptors (Lipinski definition) is 3. The van der Waals surface area contributed by atoms with E-state index in [1.807, 2.05) is 25.1 Å². The zero-order valence-corrected chi connectivity index (χ0v) is 16.4. The van der Waals surface area contributed by atoms with Crippen molar-refractivity contribution >= 4 is 23.4 Å². The second-order valence-corrected chi connectivity index (χ2v) is 7.73. The summed E-state index contributed by atoms with van der Waals surface area (Å²) in [5.41, 5.74) is 3.93. The molecule has 2 aromatic carbocycles. The maximum Gasteiger partial charge on any atom is 0.119 e. The molecule has 2 nitrogen and oxygen atoms in total. The molecular formula is C21H25ClO2S. The van der Waals surface area contributed by atoms with E-state index < -0.39 is 0 Å². The Bertz CT molecular complexity index is 687. The van der Waals surface area contributed by atoms with Crippen molar-refractivity contribution in [2.45, 2.75) is 44.1 Å². The van der Waals surface area contributed by atoms with Gasteiger partial charge in [-0.05, 0) is 73.8 Å². The maximum absolute atomic E-state index is 6.45. The van der Waals surface area contributed by atoms with Gasteiger partial charge in [0.05, 0.1) is 12.7 Å². The first-order chi connectivity index (χ1) is 12.2. The quantitative estimate of drug-likeness (QED) is 0.592. The zero-order chi connectivity index (χ0) is 17.6. The van der Waals surface area contributed by atoms with Gasteiger partial charge in [-0.15, -0.1) is 11.8 Å². The first kappa shape index (κ1) is 18.6. The van der Waals surface area contributed by atoms with Crippen LogP contribution in [0.2, 0.25) is 5.02 Å². The molecule has 1 heterocycles. The average molecular weight is 377 g/mol. The summed E-state index contributed by atoms with van der Waals surface area (Å²) in [6.07, 6.45) is 6.56. The number of hydrogen-bond donors (Lipinski definition) is 0. The van der Waals surface area contributed by atoms with Crippen LogP contribution >= 0.6 is 23.4 Å². The lowest BCUT2D eigenvalue weighted by molar-refractivity contribution is -0.00494. The molecule has 0 saturated carbocycles. The Labute approximate surface area is 159 Å². The normalized spacial score (nSPS) is 20.4. The summed E-state index contributed by atoms with van der Waals surface area (Å²) in [5.74, 6) is 0.907. The third kappa shape index (κ3) is 4.93. The minimum Gasteiger partial charge on any atom is -0.494 e. The number of benzene rings is 2. The lowest BCUT2D eigenvalue weighted by atomic mass is 9.97. The van der Waals surface area contributed by atoms with Gasteiger partial charge in [-0.3, -0.25) is 0 Å². The number of ether oxygens (including phenoxy) is 2. The van der Waals surface area contributed by atoms with Crippen LogP contribution in [0.15, 0.2) is 42.5 Å². The molecule has 2 atom stereocenters. The summed E-state index contributed by atoms with van der Waals surface area (Å²) in [7, 11) is 0. The van der Waals surface area contributed by atoms with Gasteiger partial charge in [-0.1, -0.05) is 35.9 Å². The van der Waals surface area contributed by atoms with Crippen LogP contribution in [-0.4, -0.2) is 18.3 Å². The fourth-order valence-electron chi connectivity index (χ4n) is 3.23. The first-order valence-electron chi connectivity index (χ1n) is 8.88. The van der Waals surface area contributed by atoms with Gasteiger partial charge in [0.15, 0.2) is 0 Å². The zero-order valence-electron chi connectivity index (χ0n) is 14.8. The van der Waals surface area contributed by atoms with Gasteiger partial charge < -0.3 is 9.47 Å². The van der Waals surface area contributed by atoms with Gasteiger partial charge in [-0.25, -0.2) is 0 Å². The van der Waals surface area contributed by atoms with Crippen molar-refractivity contribution < 1.29 is 9.47 Å². The third-order valence-electron chi connectivity index (χ3n) is 4.56. The van der Waals surface area contributed by atoms with Gasteiger partial charge in [0.2, 0.25) is 0 Å². The number of halogens is 1. The van der Waals surface area contributed by atoms with E-state index in [2.05, 4.69) is 30.5 Å². The summed E-state index contributed by atoms with van der Waals surface area (Å²) in [4.78, 5) is 0. The predicted molar refractivity (Wildman–Crippen MR) is 107 cm³/mol. The summed E-state index contributed by atoms with van der Waals surface area (Å²) < 4.78 is 11.7. The van der Waals surface area contributed by atoms with Gasteiger partial charge in [-0.2, -0.15) is 0 Å². The largest absolute Gasteiger partial charge is 0.494 e. The summed E-state index contributed by atoms with van der Waals surface area (Å²) >= 11 is 8.25. The molecule has 4 heteroatoms. The Morgan fingerprint density at radius 3 is 2.68 bits per heavy atom. The van der Waals surface area contributed by atoms with Crippen LogP contribution in [0.1, 0.15) is 49.0 Å². The van der Waals surface area contributed by atoms with Gasteiger partial charge in [0.25, 0.3) is 0 Å². The standard InChI is InChI=1S/C21H25ClO2S/c1-3-23-18-10-7-15(8-11-18)13-17-14-16(9-12-19(17)22)20-5-4-6-21(24-20)25-2/h7-12,14,20-21H,3-6,13H2,1-2H3. The summed E-state index contributed by atoms with van der Waals surface area (Å²) in [6, 6.07) is 14.6. The summed E-state index contributed by atoms with van der Waals surface area (Å²) in [6.45, 7) is 2.68. The van der Waals surface area contributed by atoms with Crippen LogP contribution in [0, 0.1) is 0 Å². The van der Waals surface area contributed by atoms with Gasteiger partial charge in [0, 0.05) is 5.02 Å². The van der Waals surface area contributed by atoms with Crippen LogP contribution < -0.4 is 4.74 Å². The molecule has 1 fully saturated rings. The Morgan fingerprint density at radius 2 is 1.96 bits per heavy atom. The van der Waals surface area contributed by atoms with Gasteiger partial charge in [0.1, 0.15) is 11.2 Å². The molecule has 0 amide bonds. The Morgan fingerprint density at radius 1 is 1.16 bits per heavy atom. The lowest BCUT2D eigenvalue weighted by Gasteiger charge is -2.29. The Balaban J connectivity index is 1.75. The number of rotatable bonds is 6. The van der Waals surface area contributed by atoms with E-state index in [-0.39, 0.29) is 6.10 Å². The minimum atomic E-state index is 0.183. The monoisotopic (exact) mass is 376 g/mol. The van der Waals surface area contributed by atoms with Crippen LogP contribution in [-0.2, 0) is 11.2 Å². The van der Waals surface area contributed by atoms with Crippen molar-refractivity contribution in [3.63, 3.8) is 0 Å². The fraction of sp³-hybridized carbons (Fsp3) is 0.429. The van der Waals surface area contributed by atoms with Crippen molar-refractivity contribution in [2.24, 2.45) is 0 Å². The van der Waals surface area contributed by atoms with E-state index in [4.69, 9.17) is 21.1 Å². The van der Waals surface area contributed by atoms with E-state index in [0.29, 0.717) is 12.0 Å². The van der Waals surface area contributed by atoms with Crippen molar-refractivity contribution in [3.05, 3.63) is 64.2 Å². The summed E-state index contributed by atoms with van der Waals surface area (Å²) in [5, 5.41) is 0.815. The molecule has 3 rings (SSSR count). The highest BCUT2D eigenvalue weighted by molar-refractivity contribution is 7.99. The highest BCUT2D eigenvalue weighted by Crippen LogP contribution is 2.36. The van der Waals surface area contributed by atoms with Crippen molar-refractivity contribution in [1.29, 1.82) is 0 Å². The lowest BCUT2D eigenvalue weighted by Crippen LogP contribution is -2.19. The fourth-order valence-corrected chi connectivity index (χ4v) is 4.06. The van der Waals surface area contributed by atoms with Crippen molar-refractivity contribution in [1.82, 2.24) is 0 Å². The highest BCUT2D eigenvalue weighted by Gasteiger charge is 2.23. The van der Waals surface area contributed by atoms with Gasteiger partial charge >= 0.3 is 0 Å². The predicted octanol–water partition coefficient (Wildman–Crippen LogP) is 6.26. The molecule has 1 saturated heterocycles. The maximum atomic E-state index is 6.45. The van der Waals surface area contributed by atoms with Crippen molar-refractivity contribution in [2.75, 3.05) is 12.9 Å². The smallest absolute Gasteiger partial charge is 0.119 e. The minimum absolute atomic E-state index is 0.183. The molecule has 0 spiro atoms. The van der Waals surface area contributed by atoms with E-state index in [1.54, 1.807) is 11.8 Å². The average Bonchev–Trinajstić information content (AvgIpc) is 2.65. The van der Waals surface area contributed by atoms with Crippen molar-refractivity contribution in [3.8, 4) is 5.75 Å². The topological polar surface area (TPSA) is 18.5 Å². The molecule has 0 radical (unpaired) electrons. The van der Waals surface area contributed by atoms with Crippen LogP contribution in [0.4, 0.5) is 0 Å². The molecule has 0 N–H and O–H groups in total. The number of thioether (sulfide) groups is 1.